The lowest BCUT2D eigenvalue weighted by Crippen LogP contribution is -1.74. The number of aromatic nitrogens is 1. The fourth-order valence-electron chi connectivity index (χ4n) is 1.11. The molecular weight excluding hydrogens is 305 g/mol. The number of hydrogen-bond acceptors (Lipinski definition) is 0. The summed E-state index contributed by atoms with van der Waals surface area (Å²) in [6.07, 6.45) is 1.87. The van der Waals surface area contributed by atoms with Crippen molar-refractivity contribution in [2.45, 2.75) is 0 Å². The molecule has 62 valence electrons. The second-order valence-electron chi connectivity index (χ2n) is 2.43. The van der Waals surface area contributed by atoms with Gasteiger partial charge in [0.15, 0.2) is 0 Å². The van der Waals surface area contributed by atoms with E-state index in [2.05, 4.69) is 36.8 Å². The Morgan fingerprint density at radius 1 is 1.33 bits per heavy atom. The third-order valence-corrected chi connectivity index (χ3v) is 4.29. The number of nitrogens with one attached hydrogen (secondary N) is 1. The number of H-pyrrole nitrogens is 1. The summed E-state index contributed by atoms with van der Waals surface area (Å²) in [5.74, 6) is 0. The summed E-state index contributed by atoms with van der Waals surface area (Å²) in [5, 5.41) is 1.77. The Morgan fingerprint density at radius 3 is 2.83 bits per heavy atom. The Balaban J connectivity index is 2.94. The van der Waals surface area contributed by atoms with Crippen LogP contribution in [0.5, 0.6) is 0 Å². The molecule has 2 rings (SSSR count). The van der Waals surface area contributed by atoms with Crippen LogP contribution in [0.1, 0.15) is 0 Å². The molecule has 1 heterocycles. The highest BCUT2D eigenvalue weighted by Gasteiger charge is 2.07. The third-order valence-electron chi connectivity index (χ3n) is 1.69. The third kappa shape index (κ3) is 1.20. The van der Waals surface area contributed by atoms with Gasteiger partial charge in [0.2, 0.25) is 0 Å². The van der Waals surface area contributed by atoms with Gasteiger partial charge in [-0.3, -0.25) is 0 Å². The van der Waals surface area contributed by atoms with E-state index in [1.54, 1.807) is 0 Å². The van der Waals surface area contributed by atoms with Gasteiger partial charge in [-0.2, -0.15) is 0 Å². The van der Waals surface area contributed by atoms with Crippen molar-refractivity contribution in [2.75, 3.05) is 0 Å². The maximum atomic E-state index is 6.08. The molecule has 0 spiro atoms. The second kappa shape index (κ2) is 3.05. The van der Waals surface area contributed by atoms with Gasteiger partial charge >= 0.3 is 0 Å². The van der Waals surface area contributed by atoms with Crippen molar-refractivity contribution in [1.82, 2.24) is 4.98 Å². The van der Waals surface area contributed by atoms with Gasteiger partial charge in [-0.05, 0) is 44.0 Å². The van der Waals surface area contributed by atoms with Crippen LogP contribution in [-0.2, 0) is 0 Å². The Labute approximate surface area is 91.4 Å². The number of fused-ring (bicyclic) bond motifs is 1. The van der Waals surface area contributed by atoms with E-state index in [1.807, 2.05) is 18.3 Å². The number of benzene rings is 1. The minimum absolute atomic E-state index is 0.737. The molecule has 1 N–H and O–H groups in total. The van der Waals surface area contributed by atoms with E-state index in [1.165, 1.54) is 0 Å². The quantitative estimate of drug-likeness (QED) is 0.697. The molecule has 0 saturated heterocycles. The Bertz CT molecular complexity index is 436. The molecule has 1 aromatic heterocycles. The number of hydrogen-bond donors (Lipinski definition) is 1. The van der Waals surface area contributed by atoms with Gasteiger partial charge in [0.25, 0.3) is 0 Å². The zero-order valence-electron chi connectivity index (χ0n) is 5.87. The SMILES string of the molecule is Clc1c(Br)c(Br)cc2[nH]ccc12. The van der Waals surface area contributed by atoms with Crippen molar-refractivity contribution in [1.29, 1.82) is 0 Å². The smallest absolute Gasteiger partial charge is 0.0653 e. The van der Waals surface area contributed by atoms with Crippen molar-refractivity contribution in [3.63, 3.8) is 0 Å². The molecule has 4 heteroatoms. The molecule has 0 aliphatic rings. The Kier molecular flexibility index (Phi) is 2.19. The largest absolute Gasteiger partial charge is 0.361 e. The van der Waals surface area contributed by atoms with Gasteiger partial charge in [-0.1, -0.05) is 11.6 Å². The predicted molar refractivity (Wildman–Crippen MR) is 58.7 cm³/mol. The first-order valence-corrected chi connectivity index (χ1v) is 5.27. The van der Waals surface area contributed by atoms with Crippen LogP contribution >= 0.6 is 43.5 Å². The summed E-state index contributed by atoms with van der Waals surface area (Å²) in [6.45, 7) is 0. The van der Waals surface area contributed by atoms with Crippen molar-refractivity contribution in [2.24, 2.45) is 0 Å². The zero-order chi connectivity index (χ0) is 8.72. The van der Waals surface area contributed by atoms with Gasteiger partial charge in [0.1, 0.15) is 0 Å². The molecular formula is C8H4Br2ClN. The minimum Gasteiger partial charge on any atom is -0.361 e. The fourth-order valence-corrected chi connectivity index (χ4v) is 2.24. The Hall–Kier alpha value is 0.01000. The molecule has 0 amide bonds. The zero-order valence-corrected chi connectivity index (χ0v) is 9.79. The summed E-state index contributed by atoms with van der Waals surface area (Å²) in [5.41, 5.74) is 1.04. The average Bonchev–Trinajstić information content (AvgIpc) is 2.48. The summed E-state index contributed by atoms with van der Waals surface area (Å²) in [7, 11) is 0. The number of aromatic amines is 1. The van der Waals surface area contributed by atoms with Gasteiger partial charge in [-0.25, -0.2) is 0 Å². The van der Waals surface area contributed by atoms with E-state index in [4.69, 9.17) is 11.6 Å². The molecule has 0 atom stereocenters. The van der Waals surface area contributed by atoms with Crippen molar-refractivity contribution in [3.05, 3.63) is 32.3 Å². The van der Waals surface area contributed by atoms with Crippen LogP contribution in [0.15, 0.2) is 27.3 Å². The van der Waals surface area contributed by atoms with Crippen molar-refractivity contribution >= 4 is 54.4 Å². The van der Waals surface area contributed by atoms with Crippen LogP contribution in [0.2, 0.25) is 5.02 Å². The lowest BCUT2D eigenvalue weighted by Gasteiger charge is -2.00. The summed E-state index contributed by atoms with van der Waals surface area (Å²) in [4.78, 5) is 3.09. The predicted octanol–water partition coefficient (Wildman–Crippen LogP) is 4.35. The molecule has 0 aliphatic carbocycles. The van der Waals surface area contributed by atoms with Gasteiger partial charge in [-0.15, -0.1) is 0 Å². The molecule has 0 aliphatic heterocycles. The molecule has 12 heavy (non-hydrogen) atoms. The van der Waals surface area contributed by atoms with Crippen molar-refractivity contribution in [3.8, 4) is 0 Å². The molecule has 0 radical (unpaired) electrons. The van der Waals surface area contributed by atoms with Crippen LogP contribution < -0.4 is 0 Å². The first-order valence-electron chi connectivity index (χ1n) is 3.30. The van der Waals surface area contributed by atoms with Gasteiger partial charge < -0.3 is 4.98 Å². The molecule has 2 aromatic rings. The number of halogens is 3. The fraction of sp³-hybridized carbons (Fsp3) is 0. The molecule has 0 fully saturated rings. The minimum atomic E-state index is 0.737. The molecule has 0 bridgehead atoms. The van der Waals surface area contributed by atoms with E-state index in [0.717, 1.165) is 24.9 Å². The van der Waals surface area contributed by atoms with Crippen LogP contribution in [0.3, 0.4) is 0 Å². The lowest BCUT2D eigenvalue weighted by atomic mass is 10.2. The molecule has 1 nitrogen and oxygen atoms in total. The highest BCUT2D eigenvalue weighted by molar-refractivity contribution is 9.13. The summed E-state index contributed by atoms with van der Waals surface area (Å²) < 4.78 is 1.86. The molecule has 0 unspecified atom stereocenters. The first-order chi connectivity index (χ1) is 5.70. The highest BCUT2D eigenvalue weighted by atomic mass is 79.9. The van der Waals surface area contributed by atoms with E-state index in [0.29, 0.717) is 0 Å². The van der Waals surface area contributed by atoms with Crippen LogP contribution in [0, 0.1) is 0 Å². The van der Waals surface area contributed by atoms with E-state index < -0.39 is 0 Å². The number of rotatable bonds is 0. The highest BCUT2D eigenvalue weighted by Crippen LogP contribution is 2.36. The monoisotopic (exact) mass is 307 g/mol. The van der Waals surface area contributed by atoms with E-state index >= 15 is 0 Å². The Morgan fingerprint density at radius 2 is 2.08 bits per heavy atom. The van der Waals surface area contributed by atoms with Crippen LogP contribution in [-0.4, -0.2) is 4.98 Å². The summed E-state index contributed by atoms with van der Waals surface area (Å²) in [6, 6.07) is 3.94. The van der Waals surface area contributed by atoms with E-state index in [-0.39, 0.29) is 0 Å². The standard InChI is InChI=1S/C8H4Br2ClN/c9-5-3-6-4(1-2-12-6)8(11)7(5)10/h1-3,12H. The van der Waals surface area contributed by atoms with Crippen LogP contribution in [0.4, 0.5) is 0 Å². The van der Waals surface area contributed by atoms with Crippen LogP contribution in [0.25, 0.3) is 10.9 Å². The van der Waals surface area contributed by atoms with E-state index in [9.17, 15) is 0 Å². The average molecular weight is 309 g/mol. The second-order valence-corrected chi connectivity index (χ2v) is 4.45. The lowest BCUT2D eigenvalue weighted by molar-refractivity contribution is 1.47. The normalized spacial score (nSPS) is 10.9. The topological polar surface area (TPSA) is 15.8 Å². The van der Waals surface area contributed by atoms with Crippen molar-refractivity contribution < 1.29 is 0 Å². The maximum Gasteiger partial charge on any atom is 0.0653 e. The molecule has 0 saturated carbocycles. The summed E-state index contributed by atoms with van der Waals surface area (Å²) >= 11 is 12.9. The van der Waals surface area contributed by atoms with Gasteiger partial charge in [0, 0.05) is 21.6 Å². The maximum absolute atomic E-state index is 6.08. The first kappa shape index (κ1) is 8.60. The van der Waals surface area contributed by atoms with Gasteiger partial charge in [0.05, 0.1) is 9.50 Å². The molecule has 1 aromatic carbocycles.